The number of hydrazone groups is 1. The van der Waals surface area contributed by atoms with E-state index in [1.807, 2.05) is 79.7 Å². The average molecular weight is 543 g/mol. The van der Waals surface area contributed by atoms with Crippen LogP contribution >= 0.6 is 11.8 Å². The summed E-state index contributed by atoms with van der Waals surface area (Å²) in [6.45, 7) is 5.09. The number of fused-ring (bicyclic) bond motifs is 2. The van der Waals surface area contributed by atoms with Crippen molar-refractivity contribution in [1.82, 2.24) is 10.3 Å². The van der Waals surface area contributed by atoms with E-state index in [4.69, 9.17) is 19.6 Å². The SMILES string of the molecule is CCCCCCSC1=NN2C(=c3ccccc3=N[C@H]2c2ccc(OCc3ccccc3)c(OCC)c2)C(=O)N1. The van der Waals surface area contributed by atoms with Crippen LogP contribution in [0.4, 0.5) is 0 Å². The van der Waals surface area contributed by atoms with Crippen molar-refractivity contribution >= 4 is 28.5 Å². The summed E-state index contributed by atoms with van der Waals surface area (Å²) >= 11 is 1.58. The first-order valence-corrected chi connectivity index (χ1v) is 14.6. The predicted molar refractivity (Wildman–Crippen MR) is 156 cm³/mol. The van der Waals surface area contributed by atoms with E-state index in [9.17, 15) is 4.79 Å². The Morgan fingerprint density at radius 2 is 1.74 bits per heavy atom. The number of carbonyl (C=O) groups excluding carboxylic acids is 1. The van der Waals surface area contributed by atoms with Gasteiger partial charge in [0.05, 0.1) is 12.0 Å². The van der Waals surface area contributed by atoms with Gasteiger partial charge in [-0.15, -0.1) is 5.10 Å². The molecule has 0 spiro atoms. The van der Waals surface area contributed by atoms with E-state index in [0.29, 0.717) is 35.6 Å². The van der Waals surface area contributed by atoms with Gasteiger partial charge in [0, 0.05) is 16.5 Å². The van der Waals surface area contributed by atoms with E-state index in [1.54, 1.807) is 16.8 Å². The first-order valence-electron chi connectivity index (χ1n) is 13.6. The molecule has 0 radical (unpaired) electrons. The van der Waals surface area contributed by atoms with Crippen LogP contribution in [-0.2, 0) is 11.4 Å². The molecule has 0 saturated carbocycles. The lowest BCUT2D eigenvalue weighted by molar-refractivity contribution is -0.116. The number of hydrogen-bond acceptors (Lipinski definition) is 7. The fourth-order valence-corrected chi connectivity index (χ4v) is 5.47. The summed E-state index contributed by atoms with van der Waals surface area (Å²) in [5.74, 6) is 2.04. The van der Waals surface area contributed by atoms with Gasteiger partial charge >= 0.3 is 0 Å². The minimum absolute atomic E-state index is 0.166. The molecular formula is C31H34N4O3S. The summed E-state index contributed by atoms with van der Waals surface area (Å²) in [7, 11) is 0. The molecule has 3 aromatic carbocycles. The molecule has 7 nitrogen and oxygen atoms in total. The number of amides is 1. The van der Waals surface area contributed by atoms with E-state index < -0.39 is 6.17 Å². The van der Waals surface area contributed by atoms with Gasteiger partial charge in [0.15, 0.2) is 22.8 Å². The molecule has 0 aliphatic carbocycles. The van der Waals surface area contributed by atoms with Gasteiger partial charge in [0.1, 0.15) is 12.3 Å². The summed E-state index contributed by atoms with van der Waals surface area (Å²) in [5, 5.41) is 11.8. The molecular weight excluding hydrogens is 508 g/mol. The predicted octanol–water partition coefficient (Wildman–Crippen LogP) is 5.12. The number of unbranched alkanes of at least 4 members (excludes halogenated alkanes) is 3. The number of nitrogens with one attached hydrogen (secondary N) is 1. The van der Waals surface area contributed by atoms with Crippen LogP contribution in [0.2, 0.25) is 0 Å². The second kappa shape index (κ2) is 12.8. The Kier molecular flexibility index (Phi) is 8.83. The lowest BCUT2D eigenvalue weighted by atomic mass is 10.1. The van der Waals surface area contributed by atoms with Crippen LogP contribution in [0, 0.1) is 0 Å². The number of rotatable bonds is 11. The highest BCUT2D eigenvalue weighted by atomic mass is 32.2. The van der Waals surface area contributed by atoms with Gasteiger partial charge in [-0.05, 0) is 37.1 Å². The highest BCUT2D eigenvalue weighted by molar-refractivity contribution is 8.13. The summed E-state index contributed by atoms with van der Waals surface area (Å²) in [6.07, 6.45) is 4.16. The molecule has 2 heterocycles. The van der Waals surface area contributed by atoms with Crippen LogP contribution in [-0.4, -0.2) is 28.4 Å². The number of carbonyl (C=O) groups is 1. The van der Waals surface area contributed by atoms with Gasteiger partial charge in [-0.3, -0.25) is 15.1 Å². The van der Waals surface area contributed by atoms with Crippen LogP contribution in [0.3, 0.4) is 0 Å². The molecule has 1 N–H and O–H groups in total. The second-order valence-electron chi connectivity index (χ2n) is 9.39. The number of hydrogen-bond donors (Lipinski definition) is 1. The fourth-order valence-electron chi connectivity index (χ4n) is 4.62. The monoisotopic (exact) mass is 542 g/mol. The standard InChI is InChI=1S/C31H34N4O3S/c1-3-5-6-12-19-39-31-33-30(36)28-24-15-10-11-16-25(24)32-29(35(28)34-31)23-17-18-26(27(20-23)37-4-2)38-21-22-13-8-7-9-14-22/h7-11,13-18,20,29H,3-6,12,19,21H2,1-2H3,(H,33,34,36)/t29-/m1/s1. The molecule has 1 amide bonds. The Bertz CT molecular complexity index is 1460. The Hall–Kier alpha value is -3.78. The van der Waals surface area contributed by atoms with Gasteiger partial charge < -0.3 is 9.47 Å². The summed E-state index contributed by atoms with van der Waals surface area (Å²) in [4.78, 5) is 18.4. The van der Waals surface area contributed by atoms with E-state index in [0.717, 1.165) is 33.9 Å². The van der Waals surface area contributed by atoms with Gasteiger partial charge in [-0.1, -0.05) is 92.5 Å². The Morgan fingerprint density at radius 3 is 2.56 bits per heavy atom. The largest absolute Gasteiger partial charge is 0.490 e. The van der Waals surface area contributed by atoms with Crippen molar-refractivity contribution in [3.8, 4) is 11.5 Å². The molecule has 2 aliphatic heterocycles. The molecule has 5 rings (SSSR count). The van der Waals surface area contributed by atoms with E-state index >= 15 is 0 Å². The number of nitrogens with zero attached hydrogens (tertiary/aromatic N) is 3. The normalized spacial score (nSPS) is 16.0. The molecule has 1 atom stereocenters. The lowest BCUT2D eigenvalue weighted by Crippen LogP contribution is -2.50. The Balaban J connectivity index is 1.47. The zero-order valence-electron chi connectivity index (χ0n) is 22.4. The van der Waals surface area contributed by atoms with Crippen LogP contribution in [0.1, 0.15) is 56.8 Å². The number of benzene rings is 3. The molecule has 202 valence electrons. The first-order chi connectivity index (χ1) is 19.2. The quantitative estimate of drug-likeness (QED) is 0.341. The summed E-state index contributed by atoms with van der Waals surface area (Å²) in [6, 6.07) is 23.6. The molecule has 39 heavy (non-hydrogen) atoms. The topological polar surface area (TPSA) is 75.5 Å². The van der Waals surface area contributed by atoms with Crippen molar-refractivity contribution in [3.05, 3.63) is 94.5 Å². The van der Waals surface area contributed by atoms with Crippen molar-refractivity contribution in [2.75, 3.05) is 12.4 Å². The summed E-state index contributed by atoms with van der Waals surface area (Å²) < 4.78 is 12.1. The number of para-hydroxylation sites is 1. The van der Waals surface area contributed by atoms with Crippen molar-refractivity contribution in [2.24, 2.45) is 10.1 Å². The van der Waals surface area contributed by atoms with Crippen molar-refractivity contribution in [3.63, 3.8) is 0 Å². The maximum Gasteiger partial charge on any atom is 0.276 e. The number of amidine groups is 1. The van der Waals surface area contributed by atoms with Crippen LogP contribution in [0.5, 0.6) is 11.5 Å². The highest BCUT2D eigenvalue weighted by Crippen LogP contribution is 2.36. The van der Waals surface area contributed by atoms with E-state index in [2.05, 4.69) is 12.2 Å². The third kappa shape index (κ3) is 6.28. The molecule has 0 saturated heterocycles. The van der Waals surface area contributed by atoms with Gasteiger partial charge in [0.2, 0.25) is 0 Å². The minimum Gasteiger partial charge on any atom is -0.490 e. The second-order valence-corrected chi connectivity index (χ2v) is 10.5. The third-order valence-corrected chi connectivity index (χ3v) is 7.50. The molecule has 0 fully saturated rings. The van der Waals surface area contributed by atoms with Crippen molar-refractivity contribution in [1.29, 1.82) is 0 Å². The van der Waals surface area contributed by atoms with Crippen molar-refractivity contribution < 1.29 is 14.3 Å². The summed E-state index contributed by atoms with van der Waals surface area (Å²) in [5.41, 5.74) is 2.45. The van der Waals surface area contributed by atoms with Gasteiger partial charge in [-0.2, -0.15) is 0 Å². The Morgan fingerprint density at radius 1 is 0.923 bits per heavy atom. The number of ether oxygens (including phenoxy) is 2. The van der Waals surface area contributed by atoms with E-state index in [-0.39, 0.29) is 5.91 Å². The molecule has 0 unspecified atom stereocenters. The smallest absolute Gasteiger partial charge is 0.276 e. The molecule has 0 aromatic heterocycles. The fraction of sp³-hybridized carbons (Fsp3) is 0.323. The maximum absolute atomic E-state index is 13.4. The van der Waals surface area contributed by atoms with Gasteiger partial charge in [0.25, 0.3) is 5.91 Å². The zero-order valence-corrected chi connectivity index (χ0v) is 23.2. The van der Waals surface area contributed by atoms with Crippen molar-refractivity contribution in [2.45, 2.75) is 52.3 Å². The minimum atomic E-state index is -0.515. The average Bonchev–Trinajstić information content (AvgIpc) is 2.96. The molecule has 8 heteroatoms. The molecule has 0 bridgehead atoms. The maximum atomic E-state index is 13.4. The van der Waals surface area contributed by atoms with E-state index in [1.165, 1.54) is 19.3 Å². The van der Waals surface area contributed by atoms with Crippen LogP contribution in [0.15, 0.2) is 82.9 Å². The van der Waals surface area contributed by atoms with Crippen LogP contribution < -0.4 is 25.4 Å². The highest BCUT2D eigenvalue weighted by Gasteiger charge is 2.34. The number of thioether (sulfide) groups is 1. The Labute approximate surface area is 233 Å². The first kappa shape index (κ1) is 26.8. The molecule has 2 aliphatic rings. The third-order valence-electron chi connectivity index (χ3n) is 6.55. The van der Waals surface area contributed by atoms with Gasteiger partial charge in [-0.25, -0.2) is 5.01 Å². The molecule has 3 aromatic rings. The lowest BCUT2D eigenvalue weighted by Gasteiger charge is -2.34. The zero-order chi connectivity index (χ0) is 27.0. The van der Waals surface area contributed by atoms with Crippen LogP contribution in [0.25, 0.3) is 5.70 Å².